The monoisotopic (exact) mass is 223 g/mol. The molecule has 0 amide bonds. The lowest BCUT2D eigenvalue weighted by atomic mass is 9.90. The number of hydrogen-bond acceptors (Lipinski definition) is 3. The second kappa shape index (κ2) is 5.39. The summed E-state index contributed by atoms with van der Waals surface area (Å²) in [6.07, 6.45) is 4.08. The van der Waals surface area contributed by atoms with Crippen LogP contribution in [0.2, 0.25) is 0 Å². The number of nitrogens with zero attached hydrogens (tertiary/aromatic N) is 1. The van der Waals surface area contributed by atoms with E-state index in [2.05, 4.69) is 49.5 Å². The van der Waals surface area contributed by atoms with Gasteiger partial charge in [-0.3, -0.25) is 4.90 Å². The van der Waals surface area contributed by atoms with Gasteiger partial charge in [-0.05, 0) is 46.4 Å². The van der Waals surface area contributed by atoms with Crippen LogP contribution >= 0.6 is 0 Å². The summed E-state index contributed by atoms with van der Waals surface area (Å²) >= 11 is 0. The Morgan fingerprint density at radius 1 is 1.50 bits per heavy atom. The minimum atomic E-state index is 0.121. The highest BCUT2D eigenvalue weighted by Crippen LogP contribution is 2.22. The van der Waals surface area contributed by atoms with Crippen LogP contribution in [0.25, 0.3) is 0 Å². The maximum Gasteiger partial charge on any atom is 0.0956 e. The molecule has 1 fully saturated rings. The molecule has 1 unspecified atom stereocenters. The van der Waals surface area contributed by atoms with Crippen molar-refractivity contribution in [2.24, 2.45) is 0 Å². The van der Waals surface area contributed by atoms with Gasteiger partial charge in [0.1, 0.15) is 0 Å². The van der Waals surface area contributed by atoms with Gasteiger partial charge in [0.25, 0.3) is 0 Å². The Morgan fingerprint density at radius 3 is 2.75 bits per heavy atom. The van der Waals surface area contributed by atoms with Crippen LogP contribution in [-0.4, -0.2) is 29.6 Å². The van der Waals surface area contributed by atoms with Crippen molar-refractivity contribution in [1.29, 1.82) is 0 Å². The molecule has 92 valence electrons. The highest BCUT2D eigenvalue weighted by Gasteiger charge is 2.31. The van der Waals surface area contributed by atoms with E-state index in [1.54, 1.807) is 6.20 Å². The lowest BCUT2D eigenvalue weighted by Crippen LogP contribution is -2.56. The highest BCUT2D eigenvalue weighted by atomic mass is 15.2. The molecular weight excluding hydrogens is 198 g/mol. The number of likely N-dealkylation sites (tertiary alicyclic amines) is 1. The van der Waals surface area contributed by atoms with Crippen molar-refractivity contribution in [3.8, 4) is 0 Å². The van der Waals surface area contributed by atoms with Gasteiger partial charge in [0.05, 0.1) is 5.82 Å². The van der Waals surface area contributed by atoms with E-state index >= 15 is 0 Å². The second-order valence-electron chi connectivity index (χ2n) is 5.18. The van der Waals surface area contributed by atoms with E-state index in [1.807, 2.05) is 0 Å². The van der Waals surface area contributed by atoms with E-state index < -0.39 is 0 Å². The van der Waals surface area contributed by atoms with Gasteiger partial charge in [0.15, 0.2) is 0 Å². The van der Waals surface area contributed by atoms with Crippen molar-refractivity contribution in [3.05, 3.63) is 25.2 Å². The Bertz CT molecular complexity index is 260. The van der Waals surface area contributed by atoms with E-state index in [-0.39, 0.29) is 5.54 Å². The smallest absolute Gasteiger partial charge is 0.0956 e. The van der Waals surface area contributed by atoms with Crippen molar-refractivity contribution >= 4 is 0 Å². The molecule has 1 saturated heterocycles. The van der Waals surface area contributed by atoms with Crippen LogP contribution in [0.3, 0.4) is 0 Å². The van der Waals surface area contributed by atoms with Crippen LogP contribution in [0.5, 0.6) is 0 Å². The van der Waals surface area contributed by atoms with E-state index in [0.717, 1.165) is 12.4 Å². The molecule has 1 atom stereocenters. The van der Waals surface area contributed by atoms with Gasteiger partial charge in [0, 0.05) is 18.1 Å². The van der Waals surface area contributed by atoms with Gasteiger partial charge in [0.2, 0.25) is 0 Å². The zero-order valence-electron chi connectivity index (χ0n) is 10.8. The maximum atomic E-state index is 3.94. The largest absolute Gasteiger partial charge is 0.366 e. The first-order valence-corrected chi connectivity index (χ1v) is 6.05. The molecule has 0 saturated carbocycles. The zero-order chi connectivity index (χ0) is 12.2. The van der Waals surface area contributed by atoms with Gasteiger partial charge in [-0.15, -0.1) is 0 Å². The zero-order valence-corrected chi connectivity index (χ0v) is 10.8. The topological polar surface area (TPSA) is 27.3 Å². The number of rotatable bonds is 5. The van der Waals surface area contributed by atoms with E-state index in [9.17, 15) is 0 Å². The lowest BCUT2D eigenvalue weighted by molar-refractivity contribution is 0.111. The first-order valence-electron chi connectivity index (χ1n) is 6.05. The summed E-state index contributed by atoms with van der Waals surface area (Å²) < 4.78 is 0. The van der Waals surface area contributed by atoms with Crippen LogP contribution in [0.15, 0.2) is 25.2 Å². The Balaban J connectivity index is 2.55. The molecule has 0 aromatic rings. The second-order valence-corrected chi connectivity index (χ2v) is 5.18. The van der Waals surface area contributed by atoms with Gasteiger partial charge in [-0.1, -0.05) is 13.2 Å². The van der Waals surface area contributed by atoms with Gasteiger partial charge >= 0.3 is 0 Å². The molecule has 0 aliphatic carbocycles. The molecule has 0 spiro atoms. The number of nitrogens with one attached hydrogen (secondary N) is 2. The third-order valence-corrected chi connectivity index (χ3v) is 3.19. The molecule has 3 heteroatoms. The first-order chi connectivity index (χ1) is 7.47. The van der Waals surface area contributed by atoms with Crippen molar-refractivity contribution in [2.75, 3.05) is 13.1 Å². The Kier molecular flexibility index (Phi) is 4.42. The average Bonchev–Trinajstić information content (AvgIpc) is 2.16. The summed E-state index contributed by atoms with van der Waals surface area (Å²) in [5, 5.41) is 6.46. The fourth-order valence-electron chi connectivity index (χ4n) is 2.35. The van der Waals surface area contributed by atoms with Crippen LogP contribution in [0.4, 0.5) is 0 Å². The SMILES string of the molecule is C=CNC(=C)NC1(C)CCCN(C(C)C)C1. The number of piperidine rings is 1. The number of hydrogen-bond donors (Lipinski definition) is 2. The third kappa shape index (κ3) is 3.56. The molecule has 0 aromatic heterocycles. The minimum Gasteiger partial charge on any atom is -0.366 e. The molecule has 1 heterocycles. The molecule has 1 aliphatic heterocycles. The Morgan fingerprint density at radius 2 is 2.19 bits per heavy atom. The quantitative estimate of drug-likeness (QED) is 0.747. The van der Waals surface area contributed by atoms with Crippen molar-refractivity contribution < 1.29 is 0 Å². The van der Waals surface area contributed by atoms with Gasteiger partial charge in [-0.2, -0.15) is 0 Å². The van der Waals surface area contributed by atoms with E-state index in [1.165, 1.54) is 19.4 Å². The predicted molar refractivity (Wildman–Crippen MR) is 70.0 cm³/mol. The summed E-state index contributed by atoms with van der Waals surface area (Å²) in [7, 11) is 0. The van der Waals surface area contributed by atoms with E-state index in [0.29, 0.717) is 6.04 Å². The minimum absolute atomic E-state index is 0.121. The lowest BCUT2D eigenvalue weighted by Gasteiger charge is -2.43. The maximum absolute atomic E-state index is 3.94. The summed E-state index contributed by atoms with van der Waals surface area (Å²) in [5.74, 6) is 0.836. The fraction of sp³-hybridized carbons (Fsp3) is 0.692. The fourth-order valence-corrected chi connectivity index (χ4v) is 2.35. The summed E-state index contributed by atoms with van der Waals surface area (Å²) in [6, 6.07) is 0.613. The molecule has 0 aromatic carbocycles. The molecule has 0 bridgehead atoms. The Hall–Kier alpha value is -0.960. The highest BCUT2D eigenvalue weighted by molar-refractivity contribution is 5.02. The standard InChI is InChI=1S/C13H25N3/c1-6-14-12(4)15-13(5)8-7-9-16(10-13)11(2)3/h6,11,14-15H,1,4,7-10H2,2-3,5H3. The summed E-state index contributed by atoms with van der Waals surface area (Å²) in [5.41, 5.74) is 0.121. The van der Waals surface area contributed by atoms with Gasteiger partial charge in [-0.25, -0.2) is 0 Å². The Labute approximate surface area is 99.6 Å². The third-order valence-electron chi connectivity index (χ3n) is 3.19. The van der Waals surface area contributed by atoms with Crippen molar-refractivity contribution in [1.82, 2.24) is 15.5 Å². The van der Waals surface area contributed by atoms with Crippen molar-refractivity contribution in [2.45, 2.75) is 45.2 Å². The first kappa shape index (κ1) is 13.1. The molecule has 2 N–H and O–H groups in total. The normalized spacial score (nSPS) is 26.5. The van der Waals surface area contributed by atoms with Crippen LogP contribution < -0.4 is 10.6 Å². The van der Waals surface area contributed by atoms with Crippen molar-refractivity contribution in [3.63, 3.8) is 0 Å². The average molecular weight is 223 g/mol. The molecule has 1 aliphatic rings. The summed E-state index contributed by atoms with van der Waals surface area (Å²) in [6.45, 7) is 16.6. The predicted octanol–water partition coefficient (Wildman–Crippen LogP) is 2.04. The molecule has 16 heavy (non-hydrogen) atoms. The van der Waals surface area contributed by atoms with E-state index in [4.69, 9.17) is 0 Å². The van der Waals surface area contributed by atoms with Crippen LogP contribution in [0.1, 0.15) is 33.6 Å². The van der Waals surface area contributed by atoms with Crippen LogP contribution in [-0.2, 0) is 0 Å². The van der Waals surface area contributed by atoms with Gasteiger partial charge < -0.3 is 10.6 Å². The molecule has 1 rings (SSSR count). The molecular formula is C13H25N3. The molecule has 3 nitrogen and oxygen atoms in total. The molecule has 0 radical (unpaired) electrons. The summed E-state index contributed by atoms with van der Waals surface area (Å²) in [4.78, 5) is 2.51. The van der Waals surface area contributed by atoms with Crippen LogP contribution in [0, 0.1) is 0 Å².